The Labute approximate surface area is 586 Å². The maximum absolute atomic E-state index is 12.8. The van der Waals surface area contributed by atoms with E-state index in [1.54, 1.807) is 0 Å². The highest BCUT2D eigenvalue weighted by Crippen LogP contribution is 2.43. The second kappa shape index (κ2) is 78.9. The van der Waals surface area contributed by atoms with Crippen LogP contribution in [-0.2, 0) is 32.7 Å². The number of phosphoric ester groups is 1. The number of hydrogen-bond acceptors (Lipinski definition) is 8. The van der Waals surface area contributed by atoms with E-state index in [-0.39, 0.29) is 38.6 Å². The van der Waals surface area contributed by atoms with Crippen LogP contribution in [0.4, 0.5) is 0 Å². The van der Waals surface area contributed by atoms with Crippen LogP contribution in [-0.4, -0.2) is 49.3 Å². The van der Waals surface area contributed by atoms with Crippen molar-refractivity contribution in [2.75, 3.05) is 26.4 Å². The lowest BCUT2D eigenvalue weighted by atomic mass is 10.0. The van der Waals surface area contributed by atoms with E-state index >= 15 is 0 Å². The van der Waals surface area contributed by atoms with Crippen molar-refractivity contribution in [1.29, 1.82) is 0 Å². The van der Waals surface area contributed by atoms with Crippen molar-refractivity contribution in [3.8, 4) is 0 Å². The van der Waals surface area contributed by atoms with Crippen molar-refractivity contribution in [3.63, 3.8) is 0 Å². The first-order chi connectivity index (χ1) is 46.8. The van der Waals surface area contributed by atoms with Gasteiger partial charge in [-0.3, -0.25) is 18.6 Å². The minimum atomic E-state index is -4.40. The molecule has 0 bridgehead atoms. The van der Waals surface area contributed by atoms with Gasteiger partial charge in [0.2, 0.25) is 0 Å². The molecular formula is C85H146NO8P. The summed E-state index contributed by atoms with van der Waals surface area (Å²) in [6.07, 6.45) is 114. The highest BCUT2D eigenvalue weighted by molar-refractivity contribution is 7.47. The molecule has 0 aromatic carbocycles. The van der Waals surface area contributed by atoms with Gasteiger partial charge in [0, 0.05) is 19.4 Å². The van der Waals surface area contributed by atoms with Gasteiger partial charge in [-0.2, -0.15) is 0 Å². The van der Waals surface area contributed by atoms with E-state index in [1.807, 2.05) is 0 Å². The largest absolute Gasteiger partial charge is 0.472 e. The van der Waals surface area contributed by atoms with Crippen molar-refractivity contribution in [1.82, 2.24) is 0 Å². The summed E-state index contributed by atoms with van der Waals surface area (Å²) in [7, 11) is -4.40. The molecule has 0 amide bonds. The molecule has 0 aromatic rings. The summed E-state index contributed by atoms with van der Waals surface area (Å²) in [5, 5.41) is 0. The zero-order valence-electron chi connectivity index (χ0n) is 61.4. The van der Waals surface area contributed by atoms with Crippen LogP contribution < -0.4 is 5.73 Å². The molecule has 0 aliphatic heterocycles. The molecule has 95 heavy (non-hydrogen) atoms. The Morgan fingerprint density at radius 3 is 0.811 bits per heavy atom. The molecule has 0 spiro atoms. The van der Waals surface area contributed by atoms with Gasteiger partial charge in [0.15, 0.2) is 6.10 Å². The number of hydrogen-bond donors (Lipinski definition) is 2. The molecule has 0 aliphatic carbocycles. The number of unbranched alkanes of at least 4 members (excludes halogenated alkanes) is 36. The highest BCUT2D eigenvalue weighted by Gasteiger charge is 2.26. The van der Waals surface area contributed by atoms with E-state index in [9.17, 15) is 19.0 Å². The molecule has 0 saturated carbocycles. The molecule has 0 fully saturated rings. The molecule has 0 saturated heterocycles. The van der Waals surface area contributed by atoms with Crippen LogP contribution in [0.25, 0.3) is 0 Å². The third-order valence-corrected chi connectivity index (χ3v) is 17.7. The fourth-order valence-electron chi connectivity index (χ4n) is 11.0. The number of allylic oxidation sites excluding steroid dienone is 24. The molecule has 0 heterocycles. The highest BCUT2D eigenvalue weighted by atomic mass is 31.2. The standard InChI is InChI=1S/C85H146NO8P/c1-3-5-7-9-11-13-15-17-19-21-23-25-27-29-31-33-35-37-39-40-41-42-44-46-48-50-52-54-56-58-60-62-64-66-68-70-72-74-76-78-85(88)94-83(82-93-95(89,90)92-80-79-86)81-91-84(87)77-75-73-71-69-67-65-63-61-59-57-55-53-51-49-47-45-43-38-36-34-32-30-28-26-24-22-20-18-16-14-12-10-8-6-4-2/h5-8,11-14,17-20,23-26,29,31,35,37,40-41,44,46,83H,3-4,9-10,15-16,21-22,27-28,30,32-34,36,38-39,42-43,45,47-82,86H2,1-2H3,(H,89,90)/b7-5-,8-6-,13-11-,14-12-,19-17-,20-18-,25-23-,26-24-,31-29-,37-35-,41-40-,46-44-. The lowest BCUT2D eigenvalue weighted by Gasteiger charge is -2.19. The van der Waals surface area contributed by atoms with Gasteiger partial charge < -0.3 is 20.1 Å². The maximum Gasteiger partial charge on any atom is 0.472 e. The third kappa shape index (κ3) is 78.8. The summed E-state index contributed by atoms with van der Waals surface area (Å²) >= 11 is 0. The number of ether oxygens (including phenoxy) is 2. The number of carbonyl (C=O) groups excluding carboxylic acids is 2. The predicted octanol–water partition coefficient (Wildman–Crippen LogP) is 26.5. The average molecular weight is 1340 g/mol. The van der Waals surface area contributed by atoms with Crippen molar-refractivity contribution < 1.29 is 37.6 Å². The van der Waals surface area contributed by atoms with Gasteiger partial charge in [0.1, 0.15) is 6.61 Å². The minimum Gasteiger partial charge on any atom is -0.462 e. The van der Waals surface area contributed by atoms with E-state index in [4.69, 9.17) is 24.3 Å². The molecule has 10 heteroatoms. The first-order valence-corrected chi connectivity index (χ1v) is 40.8. The molecule has 0 radical (unpaired) electrons. The molecule has 3 N–H and O–H groups in total. The summed E-state index contributed by atoms with van der Waals surface area (Å²) < 4.78 is 33.3. The summed E-state index contributed by atoms with van der Waals surface area (Å²) in [5.41, 5.74) is 5.41. The molecule has 544 valence electrons. The Kier molecular flexibility index (Phi) is 75.5. The minimum absolute atomic E-state index is 0.0500. The number of rotatable bonds is 73. The summed E-state index contributed by atoms with van der Waals surface area (Å²) in [6.45, 7) is 3.55. The zero-order chi connectivity index (χ0) is 68.6. The Morgan fingerprint density at radius 2 is 0.547 bits per heavy atom. The summed E-state index contributed by atoms with van der Waals surface area (Å²) in [5.74, 6) is -0.819. The van der Waals surface area contributed by atoms with Gasteiger partial charge in [-0.05, 0) is 116 Å². The topological polar surface area (TPSA) is 134 Å². The van der Waals surface area contributed by atoms with Gasteiger partial charge in [-0.1, -0.05) is 365 Å². The summed E-state index contributed by atoms with van der Waals surface area (Å²) in [6, 6.07) is 0. The van der Waals surface area contributed by atoms with Crippen LogP contribution in [0.15, 0.2) is 146 Å². The second-order valence-electron chi connectivity index (χ2n) is 25.8. The molecule has 9 nitrogen and oxygen atoms in total. The Hall–Kier alpha value is -4.11. The monoisotopic (exact) mass is 1340 g/mol. The lowest BCUT2D eigenvalue weighted by molar-refractivity contribution is -0.161. The van der Waals surface area contributed by atoms with E-state index in [2.05, 4.69) is 160 Å². The zero-order valence-corrected chi connectivity index (χ0v) is 62.3. The number of esters is 2. The van der Waals surface area contributed by atoms with Crippen LogP contribution in [0, 0.1) is 0 Å². The average Bonchev–Trinajstić information content (AvgIpc) is 3.16. The number of phosphoric acid groups is 1. The van der Waals surface area contributed by atoms with E-state index in [0.29, 0.717) is 6.42 Å². The maximum atomic E-state index is 12.8. The fourth-order valence-corrected chi connectivity index (χ4v) is 11.8. The Morgan fingerprint density at radius 1 is 0.316 bits per heavy atom. The van der Waals surface area contributed by atoms with Gasteiger partial charge in [0.05, 0.1) is 13.2 Å². The first-order valence-electron chi connectivity index (χ1n) is 39.3. The van der Waals surface area contributed by atoms with Crippen LogP contribution >= 0.6 is 7.82 Å². The van der Waals surface area contributed by atoms with Crippen molar-refractivity contribution in [3.05, 3.63) is 146 Å². The fraction of sp³-hybridized carbons (Fsp3) is 0.694. The van der Waals surface area contributed by atoms with Gasteiger partial charge >= 0.3 is 19.8 Å². The molecule has 2 unspecified atom stereocenters. The van der Waals surface area contributed by atoms with E-state index in [1.165, 1.54) is 199 Å². The van der Waals surface area contributed by atoms with E-state index in [0.717, 1.165) is 116 Å². The Balaban J connectivity index is 3.84. The SMILES string of the molecule is CC/C=C\C/C=C\C/C=C\C/C=C\C/C=C\C/C=C\C/C=C\C/C=C\CCCCCCCCCCCCCCCCC(=O)OC(COC(=O)CCCCCCCCCCCCCCCCCCCCCCCC/C=C\C/C=C\C/C=C\C/C=C\CC)COP(=O)(O)OCCN. The van der Waals surface area contributed by atoms with Crippen molar-refractivity contribution in [2.24, 2.45) is 5.73 Å². The predicted molar refractivity (Wildman–Crippen MR) is 413 cm³/mol. The van der Waals surface area contributed by atoms with Crippen molar-refractivity contribution >= 4 is 19.8 Å². The summed E-state index contributed by atoms with van der Waals surface area (Å²) in [4.78, 5) is 35.5. The quantitative estimate of drug-likeness (QED) is 0.0264. The number of carbonyl (C=O) groups is 2. The Bertz CT molecular complexity index is 2080. The third-order valence-electron chi connectivity index (χ3n) is 16.7. The van der Waals surface area contributed by atoms with Gasteiger partial charge in [-0.25, -0.2) is 4.57 Å². The van der Waals surface area contributed by atoms with Crippen LogP contribution in [0.3, 0.4) is 0 Å². The molecule has 2 atom stereocenters. The van der Waals surface area contributed by atoms with Gasteiger partial charge in [-0.15, -0.1) is 0 Å². The molecule has 0 rings (SSSR count). The van der Waals surface area contributed by atoms with Crippen molar-refractivity contribution in [2.45, 2.75) is 354 Å². The van der Waals surface area contributed by atoms with Gasteiger partial charge in [0.25, 0.3) is 0 Å². The molecule has 0 aromatic heterocycles. The normalized spacial score (nSPS) is 13.7. The van der Waals surface area contributed by atoms with Crippen LogP contribution in [0.2, 0.25) is 0 Å². The van der Waals surface area contributed by atoms with Crippen LogP contribution in [0.5, 0.6) is 0 Å². The van der Waals surface area contributed by atoms with E-state index < -0.39 is 26.5 Å². The molecule has 0 aliphatic rings. The molecular weight excluding hydrogens is 1190 g/mol. The second-order valence-corrected chi connectivity index (χ2v) is 27.3. The first kappa shape index (κ1) is 90.9. The smallest absolute Gasteiger partial charge is 0.462 e. The number of nitrogens with two attached hydrogens (primary N) is 1. The van der Waals surface area contributed by atoms with Crippen LogP contribution in [0.1, 0.15) is 348 Å². The lowest BCUT2D eigenvalue weighted by Crippen LogP contribution is -2.29.